The first-order chi connectivity index (χ1) is 5.49. The van der Waals surface area contributed by atoms with Gasteiger partial charge < -0.3 is 0 Å². The minimum atomic E-state index is -3.33. The van der Waals surface area contributed by atoms with Crippen molar-refractivity contribution in [1.82, 2.24) is 0 Å². The van der Waals surface area contributed by atoms with Crippen molar-refractivity contribution in [2.75, 3.05) is 5.75 Å². The van der Waals surface area contributed by atoms with Crippen LogP contribution < -0.4 is 5.14 Å². The summed E-state index contributed by atoms with van der Waals surface area (Å²) in [6, 6.07) is 1.89. The molecule has 0 bridgehead atoms. The Labute approximate surface area is 83.8 Å². The number of halogens is 1. The second-order valence-corrected chi connectivity index (χ2v) is 5.90. The second kappa shape index (κ2) is 3.87. The molecule has 1 aromatic heterocycles. The average molecular weight is 270 g/mol. The molecule has 3 nitrogen and oxygen atoms in total. The lowest BCUT2D eigenvalue weighted by Crippen LogP contribution is -2.17. The van der Waals surface area contributed by atoms with Crippen molar-refractivity contribution >= 4 is 37.3 Å². The van der Waals surface area contributed by atoms with E-state index in [9.17, 15) is 8.42 Å². The summed E-state index contributed by atoms with van der Waals surface area (Å²) in [7, 11) is -3.33. The summed E-state index contributed by atoms with van der Waals surface area (Å²) < 4.78 is 22.2. The van der Waals surface area contributed by atoms with Crippen LogP contribution in [0.25, 0.3) is 0 Å². The Kier molecular flexibility index (Phi) is 3.28. The maximum absolute atomic E-state index is 10.6. The van der Waals surface area contributed by atoms with Crippen LogP contribution in [0.2, 0.25) is 0 Å². The quantitative estimate of drug-likeness (QED) is 0.901. The van der Waals surface area contributed by atoms with Crippen LogP contribution in [0.5, 0.6) is 0 Å². The number of hydrogen-bond donors (Lipinski definition) is 1. The summed E-state index contributed by atoms with van der Waals surface area (Å²) in [5.41, 5.74) is 0. The zero-order valence-corrected chi connectivity index (χ0v) is 9.38. The third kappa shape index (κ3) is 3.22. The maximum Gasteiger partial charge on any atom is 0.209 e. The molecule has 0 aromatic carbocycles. The third-order valence-electron chi connectivity index (χ3n) is 1.30. The SMILES string of the molecule is NS(=O)(=O)CCc1sccc1Br. The van der Waals surface area contributed by atoms with Crippen molar-refractivity contribution in [3.8, 4) is 0 Å². The molecule has 0 spiro atoms. The van der Waals surface area contributed by atoms with Gasteiger partial charge in [-0.25, -0.2) is 13.6 Å². The average Bonchev–Trinajstić information content (AvgIpc) is 2.29. The van der Waals surface area contributed by atoms with Crippen molar-refractivity contribution in [1.29, 1.82) is 0 Å². The van der Waals surface area contributed by atoms with Crippen molar-refractivity contribution in [2.24, 2.45) is 5.14 Å². The van der Waals surface area contributed by atoms with E-state index in [1.165, 1.54) is 11.3 Å². The largest absolute Gasteiger partial charge is 0.229 e. The molecule has 0 saturated heterocycles. The van der Waals surface area contributed by atoms with Crippen molar-refractivity contribution in [3.63, 3.8) is 0 Å². The van der Waals surface area contributed by atoms with Gasteiger partial charge in [0.1, 0.15) is 0 Å². The first-order valence-corrected chi connectivity index (χ1v) is 6.60. The van der Waals surface area contributed by atoms with Crippen LogP contribution in [0, 0.1) is 0 Å². The van der Waals surface area contributed by atoms with Gasteiger partial charge in [-0.3, -0.25) is 0 Å². The molecule has 0 fully saturated rings. The molecular formula is C6H8BrNO2S2. The number of hydrogen-bond acceptors (Lipinski definition) is 3. The Balaban J connectivity index is 2.61. The Morgan fingerprint density at radius 1 is 1.58 bits per heavy atom. The number of nitrogens with two attached hydrogens (primary N) is 1. The molecular weight excluding hydrogens is 262 g/mol. The highest BCUT2D eigenvalue weighted by molar-refractivity contribution is 9.10. The van der Waals surface area contributed by atoms with Gasteiger partial charge in [-0.1, -0.05) is 0 Å². The second-order valence-electron chi connectivity index (χ2n) is 2.31. The predicted octanol–water partition coefficient (Wildman–Crippen LogP) is 1.34. The van der Waals surface area contributed by atoms with Crippen molar-refractivity contribution < 1.29 is 8.42 Å². The molecule has 0 unspecified atom stereocenters. The van der Waals surface area contributed by atoms with E-state index in [-0.39, 0.29) is 5.75 Å². The topological polar surface area (TPSA) is 60.2 Å². The number of thiophene rings is 1. The van der Waals surface area contributed by atoms with Crippen LogP contribution in [0.4, 0.5) is 0 Å². The third-order valence-corrected chi connectivity index (χ3v) is 4.06. The van der Waals surface area contributed by atoms with Crippen LogP contribution in [-0.4, -0.2) is 14.2 Å². The molecule has 0 atom stereocenters. The Hall–Kier alpha value is 0.0900. The summed E-state index contributed by atoms with van der Waals surface area (Å²) in [6.07, 6.45) is 0.483. The highest BCUT2D eigenvalue weighted by Crippen LogP contribution is 2.22. The number of sulfonamides is 1. The molecule has 2 N–H and O–H groups in total. The summed E-state index contributed by atoms with van der Waals surface area (Å²) in [4.78, 5) is 1.02. The van der Waals surface area contributed by atoms with Crippen molar-refractivity contribution in [2.45, 2.75) is 6.42 Å². The Bertz CT molecular complexity index is 357. The van der Waals surface area contributed by atoms with E-state index in [1.54, 1.807) is 0 Å². The normalized spacial score (nSPS) is 11.8. The van der Waals surface area contributed by atoms with Crippen LogP contribution in [0.15, 0.2) is 15.9 Å². The molecule has 0 aliphatic rings. The van der Waals surface area contributed by atoms with Gasteiger partial charge in [0.25, 0.3) is 0 Å². The minimum Gasteiger partial charge on any atom is -0.229 e. The van der Waals surface area contributed by atoms with Crippen LogP contribution in [0.1, 0.15) is 4.88 Å². The standard InChI is InChI=1S/C6H8BrNO2S2/c7-5-1-3-11-6(5)2-4-12(8,9)10/h1,3H,2,4H2,(H2,8,9,10). The molecule has 0 aliphatic carbocycles. The molecule has 0 amide bonds. The fourth-order valence-corrected chi connectivity index (χ4v) is 2.91. The van der Waals surface area contributed by atoms with Gasteiger partial charge in [0.15, 0.2) is 0 Å². The van der Waals surface area contributed by atoms with E-state index in [2.05, 4.69) is 15.9 Å². The summed E-state index contributed by atoms with van der Waals surface area (Å²) >= 11 is 4.83. The fraction of sp³-hybridized carbons (Fsp3) is 0.333. The molecule has 68 valence electrons. The lowest BCUT2D eigenvalue weighted by atomic mass is 10.4. The molecule has 1 rings (SSSR count). The van der Waals surface area contributed by atoms with E-state index in [1.807, 2.05) is 11.4 Å². The summed E-state index contributed by atoms with van der Waals surface area (Å²) in [5.74, 6) is 0.00606. The summed E-state index contributed by atoms with van der Waals surface area (Å²) in [5, 5.41) is 6.77. The van der Waals surface area contributed by atoms with Crippen LogP contribution in [-0.2, 0) is 16.4 Å². The van der Waals surface area contributed by atoms with E-state index >= 15 is 0 Å². The predicted molar refractivity (Wildman–Crippen MR) is 53.7 cm³/mol. The van der Waals surface area contributed by atoms with Gasteiger partial charge in [-0.15, -0.1) is 11.3 Å². The number of aryl methyl sites for hydroxylation is 1. The van der Waals surface area contributed by atoms with Crippen LogP contribution in [0.3, 0.4) is 0 Å². The van der Waals surface area contributed by atoms with Gasteiger partial charge in [-0.05, 0) is 33.8 Å². The molecule has 12 heavy (non-hydrogen) atoms. The van der Waals surface area contributed by atoms with Gasteiger partial charge in [0, 0.05) is 9.35 Å². The smallest absolute Gasteiger partial charge is 0.209 e. The van der Waals surface area contributed by atoms with E-state index in [0.29, 0.717) is 6.42 Å². The molecule has 1 heterocycles. The maximum atomic E-state index is 10.6. The fourth-order valence-electron chi connectivity index (χ4n) is 0.738. The Morgan fingerprint density at radius 3 is 2.67 bits per heavy atom. The lowest BCUT2D eigenvalue weighted by Gasteiger charge is -1.96. The van der Waals surface area contributed by atoms with Gasteiger partial charge >= 0.3 is 0 Å². The number of primary sulfonamides is 1. The molecule has 0 saturated carbocycles. The highest BCUT2D eigenvalue weighted by atomic mass is 79.9. The highest BCUT2D eigenvalue weighted by Gasteiger charge is 2.06. The summed E-state index contributed by atoms with van der Waals surface area (Å²) in [6.45, 7) is 0. The monoisotopic (exact) mass is 269 g/mol. The van der Waals surface area contributed by atoms with Crippen molar-refractivity contribution in [3.05, 3.63) is 20.8 Å². The molecule has 0 aliphatic heterocycles. The first kappa shape index (κ1) is 10.2. The van der Waals surface area contributed by atoms with Gasteiger partial charge in [0.2, 0.25) is 10.0 Å². The van der Waals surface area contributed by atoms with Crippen LogP contribution >= 0.6 is 27.3 Å². The zero-order valence-electron chi connectivity index (χ0n) is 6.16. The Morgan fingerprint density at radius 2 is 2.25 bits per heavy atom. The van der Waals surface area contributed by atoms with E-state index < -0.39 is 10.0 Å². The zero-order chi connectivity index (χ0) is 9.19. The number of rotatable bonds is 3. The first-order valence-electron chi connectivity index (χ1n) is 3.21. The molecule has 6 heteroatoms. The van der Waals surface area contributed by atoms with E-state index in [4.69, 9.17) is 5.14 Å². The van der Waals surface area contributed by atoms with E-state index in [0.717, 1.165) is 9.35 Å². The minimum absolute atomic E-state index is 0.00606. The molecule has 0 radical (unpaired) electrons. The van der Waals surface area contributed by atoms with Gasteiger partial charge in [0.05, 0.1) is 5.75 Å². The lowest BCUT2D eigenvalue weighted by molar-refractivity contribution is 0.597. The molecule has 1 aromatic rings. The van der Waals surface area contributed by atoms with Gasteiger partial charge in [-0.2, -0.15) is 0 Å².